The molecule has 1 amide bonds. The van der Waals surface area contributed by atoms with Crippen LogP contribution in [0.15, 0.2) is 24.3 Å². The summed E-state index contributed by atoms with van der Waals surface area (Å²) in [6, 6.07) is 7.52. The van der Waals surface area contributed by atoms with Crippen LogP contribution in [0.25, 0.3) is 0 Å². The number of alkyl carbamates (subject to hydrolysis) is 1. The topological polar surface area (TPSA) is 56.8 Å². The van der Waals surface area contributed by atoms with Crippen LogP contribution in [-0.2, 0) is 9.47 Å². The Labute approximate surface area is 99.7 Å². The molecular weight excluding hydrogens is 222 g/mol. The molecule has 92 valence electrons. The highest BCUT2D eigenvalue weighted by Gasteiger charge is 2.23. The van der Waals surface area contributed by atoms with E-state index in [9.17, 15) is 4.79 Å². The maximum absolute atomic E-state index is 10.9. The van der Waals surface area contributed by atoms with Gasteiger partial charge in [0.05, 0.1) is 12.6 Å². The fourth-order valence-electron chi connectivity index (χ4n) is 1.60. The lowest BCUT2D eigenvalue weighted by atomic mass is 10.1. The van der Waals surface area contributed by atoms with Crippen LogP contribution in [0.2, 0.25) is 0 Å². The van der Waals surface area contributed by atoms with Crippen molar-refractivity contribution >= 4 is 6.09 Å². The van der Waals surface area contributed by atoms with Crippen molar-refractivity contribution in [2.75, 3.05) is 26.9 Å². The lowest BCUT2D eigenvalue weighted by Gasteiger charge is -2.09. The summed E-state index contributed by atoms with van der Waals surface area (Å²) in [5.41, 5.74) is 1.01. The van der Waals surface area contributed by atoms with E-state index in [0.29, 0.717) is 19.8 Å². The van der Waals surface area contributed by atoms with Crippen molar-refractivity contribution in [3.63, 3.8) is 0 Å². The van der Waals surface area contributed by atoms with Crippen LogP contribution in [0.3, 0.4) is 0 Å². The summed E-state index contributed by atoms with van der Waals surface area (Å²) in [7, 11) is 1.63. The minimum Gasteiger partial charge on any atom is -0.491 e. The normalized spacial score (nSPS) is 18.6. The smallest absolute Gasteiger partial charge is 0.407 e. The molecule has 1 fully saturated rings. The fraction of sp³-hybridized carbons (Fsp3) is 0.417. The monoisotopic (exact) mass is 237 g/mol. The number of nitrogens with one attached hydrogen (secondary N) is 1. The average Bonchev–Trinajstić information content (AvgIpc) is 2.77. The molecule has 5 nitrogen and oxygen atoms in total. The molecule has 1 saturated heterocycles. The van der Waals surface area contributed by atoms with Crippen LogP contribution in [0.4, 0.5) is 4.79 Å². The molecule has 1 aliphatic heterocycles. The van der Waals surface area contributed by atoms with E-state index in [1.54, 1.807) is 7.11 Å². The molecule has 1 N–H and O–H groups in total. The molecule has 1 aromatic carbocycles. The molecule has 0 aliphatic carbocycles. The second-order valence-corrected chi connectivity index (χ2v) is 3.71. The molecule has 1 atom stereocenters. The van der Waals surface area contributed by atoms with Gasteiger partial charge in [-0.1, -0.05) is 12.1 Å². The molecule has 1 aromatic rings. The average molecular weight is 237 g/mol. The van der Waals surface area contributed by atoms with Crippen LogP contribution < -0.4 is 10.1 Å². The lowest BCUT2D eigenvalue weighted by Crippen LogP contribution is -2.18. The van der Waals surface area contributed by atoms with Gasteiger partial charge in [-0.25, -0.2) is 4.79 Å². The van der Waals surface area contributed by atoms with Crippen molar-refractivity contribution in [3.05, 3.63) is 29.8 Å². The predicted octanol–water partition coefficient (Wildman–Crippen LogP) is 1.49. The summed E-state index contributed by atoms with van der Waals surface area (Å²) in [5, 5.41) is 2.72. The first-order valence-electron chi connectivity index (χ1n) is 5.44. The Hall–Kier alpha value is -1.75. The van der Waals surface area contributed by atoms with E-state index < -0.39 is 0 Å². The summed E-state index contributed by atoms with van der Waals surface area (Å²) in [6.45, 7) is 1.47. The number of ether oxygens (including phenoxy) is 3. The van der Waals surface area contributed by atoms with Crippen LogP contribution >= 0.6 is 0 Å². The van der Waals surface area contributed by atoms with Gasteiger partial charge in [-0.3, -0.25) is 0 Å². The van der Waals surface area contributed by atoms with Crippen molar-refractivity contribution in [2.24, 2.45) is 0 Å². The number of rotatable bonds is 5. The molecule has 17 heavy (non-hydrogen) atoms. The number of hydrogen-bond donors (Lipinski definition) is 1. The quantitative estimate of drug-likeness (QED) is 0.788. The Morgan fingerprint density at radius 1 is 1.35 bits per heavy atom. The van der Waals surface area contributed by atoms with Gasteiger partial charge in [0, 0.05) is 7.11 Å². The van der Waals surface area contributed by atoms with E-state index >= 15 is 0 Å². The molecule has 0 bridgehead atoms. The maximum Gasteiger partial charge on any atom is 0.407 e. The molecular formula is C12H15NO4. The SMILES string of the molecule is COCCOc1ccc(C2COC(=O)N2)cc1. The van der Waals surface area contributed by atoms with E-state index in [2.05, 4.69) is 5.32 Å². The lowest BCUT2D eigenvalue weighted by molar-refractivity contribution is 0.146. The minimum absolute atomic E-state index is 0.0597. The molecule has 1 heterocycles. The van der Waals surface area contributed by atoms with Crippen LogP contribution in [0.5, 0.6) is 5.75 Å². The van der Waals surface area contributed by atoms with Gasteiger partial charge in [0.25, 0.3) is 0 Å². The fourth-order valence-corrected chi connectivity index (χ4v) is 1.60. The Morgan fingerprint density at radius 2 is 2.12 bits per heavy atom. The molecule has 2 rings (SSSR count). The standard InChI is InChI=1S/C12H15NO4/c1-15-6-7-16-10-4-2-9(3-5-10)11-8-17-12(14)13-11/h2-5,11H,6-8H2,1H3,(H,13,14). The van der Waals surface area contributed by atoms with E-state index in [1.165, 1.54) is 0 Å². The maximum atomic E-state index is 10.9. The Morgan fingerprint density at radius 3 is 2.71 bits per heavy atom. The zero-order valence-corrected chi connectivity index (χ0v) is 9.64. The number of benzene rings is 1. The third kappa shape index (κ3) is 3.10. The van der Waals surface area contributed by atoms with Gasteiger partial charge in [-0.15, -0.1) is 0 Å². The molecule has 0 aromatic heterocycles. The van der Waals surface area contributed by atoms with Crippen molar-refractivity contribution in [2.45, 2.75) is 6.04 Å². The van der Waals surface area contributed by atoms with Crippen molar-refractivity contribution in [3.8, 4) is 5.75 Å². The summed E-state index contributed by atoms with van der Waals surface area (Å²) in [4.78, 5) is 10.9. The molecule has 5 heteroatoms. The second-order valence-electron chi connectivity index (χ2n) is 3.71. The summed E-state index contributed by atoms with van der Waals surface area (Å²) >= 11 is 0. The van der Waals surface area contributed by atoms with Gasteiger partial charge in [-0.2, -0.15) is 0 Å². The van der Waals surface area contributed by atoms with Crippen molar-refractivity contribution < 1.29 is 19.0 Å². The number of amides is 1. The predicted molar refractivity (Wildman–Crippen MR) is 61.0 cm³/mol. The molecule has 1 aliphatic rings. The first-order chi connectivity index (χ1) is 8.29. The van der Waals surface area contributed by atoms with Crippen molar-refractivity contribution in [1.29, 1.82) is 0 Å². The van der Waals surface area contributed by atoms with Gasteiger partial charge < -0.3 is 19.5 Å². The van der Waals surface area contributed by atoms with Gasteiger partial charge in [0.15, 0.2) is 0 Å². The highest BCUT2D eigenvalue weighted by Crippen LogP contribution is 2.20. The van der Waals surface area contributed by atoms with Crippen molar-refractivity contribution in [1.82, 2.24) is 5.32 Å². The number of hydrogen-bond acceptors (Lipinski definition) is 4. The molecule has 0 saturated carbocycles. The first kappa shape index (κ1) is 11.7. The second kappa shape index (κ2) is 5.54. The summed E-state index contributed by atoms with van der Waals surface area (Å²) in [6.07, 6.45) is -0.365. The van der Waals surface area contributed by atoms with Gasteiger partial charge in [0.2, 0.25) is 0 Å². The van der Waals surface area contributed by atoms with Gasteiger partial charge in [-0.05, 0) is 17.7 Å². The highest BCUT2D eigenvalue weighted by molar-refractivity contribution is 5.70. The van der Waals surface area contributed by atoms with Crippen LogP contribution in [-0.4, -0.2) is 33.0 Å². The Bertz CT molecular complexity index is 377. The third-order valence-electron chi connectivity index (χ3n) is 2.51. The van der Waals surface area contributed by atoms with Crippen LogP contribution in [0.1, 0.15) is 11.6 Å². The Kier molecular flexibility index (Phi) is 3.82. The third-order valence-corrected chi connectivity index (χ3v) is 2.51. The van der Waals surface area contributed by atoms with Gasteiger partial charge >= 0.3 is 6.09 Å². The largest absolute Gasteiger partial charge is 0.491 e. The summed E-state index contributed by atoms with van der Waals surface area (Å²) in [5.74, 6) is 0.788. The highest BCUT2D eigenvalue weighted by atomic mass is 16.6. The van der Waals surface area contributed by atoms with Crippen LogP contribution in [0, 0.1) is 0 Å². The summed E-state index contributed by atoms with van der Waals surface area (Å²) < 4.78 is 15.2. The van der Waals surface area contributed by atoms with E-state index in [1.807, 2.05) is 24.3 Å². The van der Waals surface area contributed by atoms with E-state index in [-0.39, 0.29) is 12.1 Å². The number of carbonyl (C=O) groups is 1. The number of methoxy groups -OCH3 is 1. The zero-order valence-electron chi connectivity index (χ0n) is 9.64. The van der Waals surface area contributed by atoms with E-state index in [4.69, 9.17) is 14.2 Å². The molecule has 1 unspecified atom stereocenters. The zero-order chi connectivity index (χ0) is 12.1. The Balaban J connectivity index is 1.91. The number of carbonyl (C=O) groups excluding carboxylic acids is 1. The molecule has 0 radical (unpaired) electrons. The molecule has 0 spiro atoms. The first-order valence-corrected chi connectivity index (χ1v) is 5.44. The van der Waals surface area contributed by atoms with E-state index in [0.717, 1.165) is 11.3 Å². The van der Waals surface area contributed by atoms with Gasteiger partial charge in [0.1, 0.15) is 19.0 Å². The number of cyclic esters (lactones) is 1. The minimum atomic E-state index is -0.365.